The summed E-state index contributed by atoms with van der Waals surface area (Å²) in [5.41, 5.74) is 1.01. The molecule has 2 aromatic heterocycles. The molecule has 0 aliphatic heterocycles. The first kappa shape index (κ1) is 19.4. The number of thiophene rings is 1. The number of rotatable bonds is 4. The number of nitrogens with one attached hydrogen (secondary N) is 1. The summed E-state index contributed by atoms with van der Waals surface area (Å²) in [5, 5.41) is 8.36. The fraction of sp³-hybridized carbons (Fsp3) is 0.667. The molecule has 0 radical (unpaired) electrons. The molecule has 28 heavy (non-hydrogen) atoms. The molecule has 2 heterocycles. The summed E-state index contributed by atoms with van der Waals surface area (Å²) in [6.45, 7) is 1.99. The number of aromatic amines is 1. The van der Waals surface area contributed by atoms with Gasteiger partial charge in [-0.2, -0.15) is 5.10 Å². The van der Waals surface area contributed by atoms with Crippen LogP contribution >= 0.6 is 11.3 Å². The maximum absolute atomic E-state index is 13.6. The van der Waals surface area contributed by atoms with Gasteiger partial charge in [0.25, 0.3) is 5.91 Å². The van der Waals surface area contributed by atoms with Crippen molar-refractivity contribution in [3.05, 3.63) is 16.6 Å². The second-order valence-corrected chi connectivity index (χ2v) is 9.61. The molecule has 7 heteroatoms. The third-order valence-electron chi connectivity index (χ3n) is 6.44. The number of hydrogen-bond donors (Lipinski definition) is 1. The van der Waals surface area contributed by atoms with Crippen LogP contribution in [0.5, 0.6) is 0 Å². The Morgan fingerprint density at radius 2 is 1.86 bits per heavy atom. The van der Waals surface area contributed by atoms with Crippen LogP contribution in [0.2, 0.25) is 0 Å². The van der Waals surface area contributed by atoms with Crippen LogP contribution < -0.4 is 0 Å². The van der Waals surface area contributed by atoms with E-state index in [0.29, 0.717) is 6.04 Å². The third kappa shape index (κ3) is 3.56. The molecule has 2 aliphatic rings. The van der Waals surface area contributed by atoms with Crippen LogP contribution in [0.4, 0.5) is 0 Å². The molecule has 2 atom stereocenters. The van der Waals surface area contributed by atoms with Gasteiger partial charge in [0.2, 0.25) is 5.91 Å². The Labute approximate surface area is 170 Å². The van der Waals surface area contributed by atoms with Crippen LogP contribution in [-0.4, -0.2) is 58.0 Å². The Hall–Kier alpha value is -1.89. The average Bonchev–Trinajstić information content (AvgIpc) is 3.40. The Morgan fingerprint density at radius 3 is 2.54 bits per heavy atom. The minimum absolute atomic E-state index is 0.0435. The molecule has 2 fully saturated rings. The molecule has 2 aliphatic carbocycles. The molecule has 1 N–H and O–H groups in total. The zero-order valence-electron chi connectivity index (χ0n) is 17.0. The second-order valence-electron chi connectivity index (χ2n) is 8.58. The lowest BCUT2D eigenvalue weighted by atomic mass is 9.92. The predicted octanol–water partition coefficient (Wildman–Crippen LogP) is 3.96. The molecule has 0 aromatic carbocycles. The summed E-state index contributed by atoms with van der Waals surface area (Å²) in [4.78, 5) is 31.6. The van der Waals surface area contributed by atoms with Gasteiger partial charge < -0.3 is 9.80 Å². The predicted molar refractivity (Wildman–Crippen MR) is 112 cm³/mol. The van der Waals surface area contributed by atoms with E-state index in [4.69, 9.17) is 0 Å². The smallest absolute Gasteiger partial charge is 0.264 e. The Morgan fingerprint density at radius 1 is 1.11 bits per heavy atom. The second kappa shape index (κ2) is 7.85. The summed E-state index contributed by atoms with van der Waals surface area (Å²) in [7, 11) is 3.65. The summed E-state index contributed by atoms with van der Waals surface area (Å²) in [6, 6.07) is 2.46. The molecular weight excluding hydrogens is 372 g/mol. The van der Waals surface area contributed by atoms with E-state index in [-0.39, 0.29) is 23.8 Å². The number of aromatic nitrogens is 2. The molecule has 4 rings (SSSR count). The van der Waals surface area contributed by atoms with E-state index in [1.807, 2.05) is 27.1 Å². The van der Waals surface area contributed by atoms with E-state index in [2.05, 4.69) is 15.1 Å². The SMILES string of the molecule is Cc1[nH]nc2sc(C(=O)N(C3CCCCC3)[C@@H]3CC[C@@H](C(=O)N(C)C)C3)cc12. The highest BCUT2D eigenvalue weighted by Gasteiger charge is 2.39. The fourth-order valence-corrected chi connectivity index (χ4v) is 5.94. The monoisotopic (exact) mass is 402 g/mol. The van der Waals surface area contributed by atoms with Gasteiger partial charge in [-0.25, -0.2) is 0 Å². The number of aryl methyl sites for hydroxylation is 1. The molecular formula is C21H30N4O2S. The van der Waals surface area contributed by atoms with E-state index in [0.717, 1.165) is 52.9 Å². The van der Waals surface area contributed by atoms with Crippen LogP contribution in [0.1, 0.15) is 66.7 Å². The van der Waals surface area contributed by atoms with E-state index in [1.54, 1.807) is 4.90 Å². The van der Waals surface area contributed by atoms with Gasteiger partial charge in [0, 0.05) is 43.2 Å². The van der Waals surface area contributed by atoms with Gasteiger partial charge in [-0.15, -0.1) is 11.3 Å². The number of hydrogen-bond acceptors (Lipinski definition) is 4. The quantitative estimate of drug-likeness (QED) is 0.841. The van der Waals surface area contributed by atoms with Crippen molar-refractivity contribution in [2.45, 2.75) is 70.4 Å². The number of H-pyrrole nitrogens is 1. The lowest BCUT2D eigenvalue weighted by Crippen LogP contribution is -2.47. The Kier molecular flexibility index (Phi) is 5.45. The van der Waals surface area contributed by atoms with Crippen molar-refractivity contribution in [3.63, 3.8) is 0 Å². The molecule has 2 amide bonds. The maximum atomic E-state index is 13.6. The molecule has 0 unspecified atom stereocenters. The molecule has 6 nitrogen and oxygen atoms in total. The molecule has 0 spiro atoms. The van der Waals surface area contributed by atoms with Gasteiger partial charge in [-0.1, -0.05) is 19.3 Å². The summed E-state index contributed by atoms with van der Waals surface area (Å²) in [6.07, 6.45) is 8.40. The van der Waals surface area contributed by atoms with Crippen molar-refractivity contribution in [1.82, 2.24) is 20.0 Å². The zero-order valence-corrected chi connectivity index (χ0v) is 17.8. The molecule has 2 aromatic rings. The van der Waals surface area contributed by atoms with Crippen LogP contribution in [0.3, 0.4) is 0 Å². The summed E-state index contributed by atoms with van der Waals surface area (Å²) < 4.78 is 0. The van der Waals surface area contributed by atoms with Gasteiger partial charge in [-0.3, -0.25) is 14.7 Å². The Bertz CT molecular complexity index is 865. The largest absolute Gasteiger partial charge is 0.349 e. The van der Waals surface area contributed by atoms with Crippen molar-refractivity contribution in [3.8, 4) is 0 Å². The summed E-state index contributed by atoms with van der Waals surface area (Å²) in [5.74, 6) is 0.378. The van der Waals surface area contributed by atoms with E-state index < -0.39 is 0 Å². The van der Waals surface area contributed by atoms with Crippen molar-refractivity contribution < 1.29 is 9.59 Å². The van der Waals surface area contributed by atoms with E-state index in [1.165, 1.54) is 30.6 Å². The minimum Gasteiger partial charge on any atom is -0.349 e. The molecule has 2 saturated carbocycles. The Balaban J connectivity index is 1.60. The van der Waals surface area contributed by atoms with Gasteiger partial charge >= 0.3 is 0 Å². The molecule has 0 bridgehead atoms. The third-order valence-corrected chi connectivity index (χ3v) is 7.46. The van der Waals surface area contributed by atoms with Gasteiger partial charge in [0.15, 0.2) is 0 Å². The van der Waals surface area contributed by atoms with Crippen LogP contribution in [0.25, 0.3) is 10.2 Å². The highest BCUT2D eigenvalue weighted by molar-refractivity contribution is 7.20. The van der Waals surface area contributed by atoms with Crippen molar-refractivity contribution in [2.24, 2.45) is 5.92 Å². The lowest BCUT2D eigenvalue weighted by Gasteiger charge is -2.38. The standard InChI is InChI=1S/C21H30N4O2S/c1-13-17-12-18(28-19(17)23-22-13)21(27)25(15-7-5-4-6-8-15)16-10-9-14(11-16)20(26)24(2)3/h12,14-16H,4-11H2,1-3H3,(H,22,23)/t14-,16-/m1/s1. The van der Waals surface area contributed by atoms with E-state index in [9.17, 15) is 9.59 Å². The molecule has 152 valence electrons. The van der Waals surface area contributed by atoms with Gasteiger partial charge in [0.05, 0.1) is 4.88 Å². The number of carbonyl (C=O) groups excluding carboxylic acids is 2. The van der Waals surface area contributed by atoms with Gasteiger partial charge in [-0.05, 0) is 45.1 Å². The van der Waals surface area contributed by atoms with Crippen molar-refractivity contribution in [2.75, 3.05) is 14.1 Å². The van der Waals surface area contributed by atoms with Crippen molar-refractivity contribution in [1.29, 1.82) is 0 Å². The summed E-state index contributed by atoms with van der Waals surface area (Å²) >= 11 is 1.48. The fourth-order valence-electron chi connectivity index (χ4n) is 4.95. The normalized spacial score (nSPS) is 23.2. The first-order chi connectivity index (χ1) is 13.5. The molecule has 0 saturated heterocycles. The van der Waals surface area contributed by atoms with Crippen LogP contribution in [0.15, 0.2) is 6.07 Å². The van der Waals surface area contributed by atoms with Crippen LogP contribution in [0, 0.1) is 12.8 Å². The lowest BCUT2D eigenvalue weighted by molar-refractivity contribution is -0.132. The van der Waals surface area contributed by atoms with Gasteiger partial charge in [0.1, 0.15) is 4.83 Å². The highest BCUT2D eigenvalue weighted by Crippen LogP contribution is 2.37. The maximum Gasteiger partial charge on any atom is 0.264 e. The van der Waals surface area contributed by atoms with Crippen LogP contribution in [-0.2, 0) is 4.79 Å². The number of carbonyl (C=O) groups is 2. The average molecular weight is 403 g/mol. The first-order valence-corrected chi connectivity index (χ1v) is 11.3. The first-order valence-electron chi connectivity index (χ1n) is 10.4. The van der Waals surface area contributed by atoms with Crippen molar-refractivity contribution >= 4 is 33.4 Å². The topological polar surface area (TPSA) is 69.3 Å². The van der Waals surface area contributed by atoms with E-state index >= 15 is 0 Å². The number of nitrogens with zero attached hydrogens (tertiary/aromatic N) is 3. The highest BCUT2D eigenvalue weighted by atomic mass is 32.1. The minimum atomic E-state index is 0.0435. The number of fused-ring (bicyclic) bond motifs is 1. The zero-order chi connectivity index (χ0) is 19.8. The number of amides is 2.